The van der Waals surface area contributed by atoms with Crippen LogP contribution in [0, 0.1) is 13.8 Å². The Hall–Kier alpha value is -1.68. The quantitative estimate of drug-likeness (QED) is 0.571. The largest absolute Gasteiger partial charge is 0.474 e. The number of nitrogens with zero attached hydrogens (tertiary/aromatic N) is 3. The SMILES string of the molecule is CCCC(CCC)Oc1c2c(nn1C)N(c1c(C)cc(C)cc1Cl)CCC2. The standard InChI is InChI=1S/C22H32ClN3O/c1-6-9-17(10-7-2)27-22-18-11-8-12-26(21(18)24-25(22)5)20-16(4)13-15(3)14-19(20)23/h13-14,17H,6-12H2,1-5H3. The van der Waals surface area contributed by atoms with Crippen LogP contribution in [0.1, 0.15) is 62.6 Å². The van der Waals surface area contributed by atoms with E-state index in [-0.39, 0.29) is 6.10 Å². The number of anilines is 2. The summed E-state index contributed by atoms with van der Waals surface area (Å²) >= 11 is 6.64. The second-order valence-electron chi connectivity index (χ2n) is 7.72. The minimum atomic E-state index is 0.263. The van der Waals surface area contributed by atoms with E-state index in [9.17, 15) is 0 Å². The topological polar surface area (TPSA) is 30.3 Å². The Morgan fingerprint density at radius 1 is 1.19 bits per heavy atom. The van der Waals surface area contributed by atoms with E-state index in [1.54, 1.807) is 0 Å². The highest BCUT2D eigenvalue weighted by atomic mass is 35.5. The van der Waals surface area contributed by atoms with Gasteiger partial charge in [0.25, 0.3) is 0 Å². The molecule has 0 spiro atoms. The molecule has 0 atom stereocenters. The molecule has 27 heavy (non-hydrogen) atoms. The van der Waals surface area contributed by atoms with Crippen LogP contribution in [0.25, 0.3) is 0 Å². The molecule has 1 aromatic heterocycles. The number of rotatable bonds is 7. The molecule has 2 aromatic rings. The van der Waals surface area contributed by atoms with Crippen LogP contribution < -0.4 is 9.64 Å². The monoisotopic (exact) mass is 389 g/mol. The van der Waals surface area contributed by atoms with Gasteiger partial charge in [0, 0.05) is 13.6 Å². The highest BCUT2D eigenvalue weighted by Crippen LogP contribution is 2.42. The van der Waals surface area contributed by atoms with Gasteiger partial charge >= 0.3 is 0 Å². The molecule has 2 heterocycles. The van der Waals surface area contributed by atoms with Crippen LogP contribution in [0.5, 0.6) is 5.88 Å². The highest BCUT2D eigenvalue weighted by Gasteiger charge is 2.29. The smallest absolute Gasteiger partial charge is 0.217 e. The third kappa shape index (κ3) is 4.11. The molecule has 1 aliphatic heterocycles. The maximum absolute atomic E-state index is 6.64. The van der Waals surface area contributed by atoms with Gasteiger partial charge in [-0.05, 0) is 56.7 Å². The van der Waals surface area contributed by atoms with Crippen molar-refractivity contribution in [2.45, 2.75) is 72.3 Å². The number of hydrogen-bond acceptors (Lipinski definition) is 3. The van der Waals surface area contributed by atoms with Crippen molar-refractivity contribution in [1.82, 2.24) is 9.78 Å². The fourth-order valence-corrected chi connectivity index (χ4v) is 4.60. The second kappa shape index (κ2) is 8.55. The fraction of sp³-hybridized carbons (Fsp3) is 0.591. The lowest BCUT2D eigenvalue weighted by atomic mass is 10.0. The first-order valence-corrected chi connectivity index (χ1v) is 10.6. The van der Waals surface area contributed by atoms with Crippen LogP contribution in [-0.2, 0) is 13.5 Å². The summed E-state index contributed by atoms with van der Waals surface area (Å²) < 4.78 is 8.38. The molecule has 0 N–H and O–H groups in total. The molecule has 1 aromatic carbocycles. The predicted octanol–water partition coefficient (Wildman–Crippen LogP) is 6.12. The summed E-state index contributed by atoms with van der Waals surface area (Å²) in [7, 11) is 1.99. The first-order valence-electron chi connectivity index (χ1n) is 10.2. The first kappa shape index (κ1) is 20.1. The molecule has 5 heteroatoms. The molecule has 0 radical (unpaired) electrons. The molecule has 0 saturated carbocycles. The minimum Gasteiger partial charge on any atom is -0.474 e. The number of aryl methyl sites for hydroxylation is 3. The van der Waals surface area contributed by atoms with Gasteiger partial charge < -0.3 is 9.64 Å². The van der Waals surface area contributed by atoms with Crippen molar-refractivity contribution in [2.24, 2.45) is 7.05 Å². The van der Waals surface area contributed by atoms with Crippen LogP contribution in [0.2, 0.25) is 5.02 Å². The van der Waals surface area contributed by atoms with Crippen molar-refractivity contribution in [1.29, 1.82) is 0 Å². The van der Waals surface area contributed by atoms with Crippen molar-refractivity contribution in [3.63, 3.8) is 0 Å². The number of aromatic nitrogens is 2. The zero-order chi connectivity index (χ0) is 19.6. The third-order valence-electron chi connectivity index (χ3n) is 5.30. The van der Waals surface area contributed by atoms with Gasteiger partial charge in [-0.25, -0.2) is 4.68 Å². The molecule has 4 nitrogen and oxygen atoms in total. The lowest BCUT2D eigenvalue weighted by molar-refractivity contribution is 0.162. The average Bonchev–Trinajstić information content (AvgIpc) is 2.91. The van der Waals surface area contributed by atoms with E-state index in [1.165, 1.54) is 16.7 Å². The molecule has 148 valence electrons. The van der Waals surface area contributed by atoms with E-state index in [0.717, 1.165) is 67.5 Å². The number of hydrogen-bond donors (Lipinski definition) is 0. The number of halogens is 1. The molecule has 0 bridgehead atoms. The summed E-state index contributed by atoms with van der Waals surface area (Å²) in [6.45, 7) is 9.57. The van der Waals surface area contributed by atoms with E-state index in [0.29, 0.717) is 0 Å². The van der Waals surface area contributed by atoms with Gasteiger partial charge in [0.2, 0.25) is 5.88 Å². The van der Waals surface area contributed by atoms with Gasteiger partial charge in [-0.15, -0.1) is 0 Å². The zero-order valence-corrected chi connectivity index (χ0v) is 18.1. The van der Waals surface area contributed by atoms with Crippen LogP contribution >= 0.6 is 11.6 Å². The Balaban J connectivity index is 1.98. The van der Waals surface area contributed by atoms with Gasteiger partial charge in [-0.3, -0.25) is 0 Å². The zero-order valence-electron chi connectivity index (χ0n) is 17.3. The molecule has 0 saturated heterocycles. The Morgan fingerprint density at radius 2 is 1.89 bits per heavy atom. The lowest BCUT2D eigenvalue weighted by Crippen LogP contribution is -2.26. The Bertz CT molecular complexity index is 770. The molecule has 0 amide bonds. The molecular weight excluding hydrogens is 358 g/mol. The summed E-state index contributed by atoms with van der Waals surface area (Å²) in [6.07, 6.45) is 6.78. The molecule has 0 unspecified atom stereocenters. The van der Waals surface area contributed by atoms with E-state index in [4.69, 9.17) is 21.4 Å². The maximum atomic E-state index is 6.64. The Kier molecular flexibility index (Phi) is 6.36. The van der Waals surface area contributed by atoms with Gasteiger partial charge in [0.15, 0.2) is 5.82 Å². The molecular formula is C22H32ClN3O. The molecule has 0 aliphatic carbocycles. The van der Waals surface area contributed by atoms with E-state index >= 15 is 0 Å². The number of ether oxygens (including phenoxy) is 1. The average molecular weight is 390 g/mol. The Labute approximate surface area is 168 Å². The van der Waals surface area contributed by atoms with Crippen molar-refractivity contribution < 1.29 is 4.74 Å². The van der Waals surface area contributed by atoms with E-state index in [2.05, 4.69) is 38.7 Å². The lowest BCUT2D eigenvalue weighted by Gasteiger charge is -2.30. The fourth-order valence-electron chi connectivity index (χ4n) is 4.17. The van der Waals surface area contributed by atoms with E-state index < -0.39 is 0 Å². The van der Waals surface area contributed by atoms with Crippen molar-refractivity contribution in [2.75, 3.05) is 11.4 Å². The van der Waals surface area contributed by atoms with Crippen LogP contribution in [0.3, 0.4) is 0 Å². The number of benzene rings is 1. The second-order valence-corrected chi connectivity index (χ2v) is 8.12. The molecule has 1 aliphatic rings. The summed E-state index contributed by atoms with van der Waals surface area (Å²) in [5, 5.41) is 5.64. The van der Waals surface area contributed by atoms with Crippen molar-refractivity contribution in [3.05, 3.63) is 33.8 Å². The normalized spacial score (nSPS) is 14.0. The van der Waals surface area contributed by atoms with Crippen molar-refractivity contribution >= 4 is 23.1 Å². The van der Waals surface area contributed by atoms with Crippen LogP contribution in [0.15, 0.2) is 12.1 Å². The van der Waals surface area contributed by atoms with Crippen LogP contribution in [-0.4, -0.2) is 22.4 Å². The predicted molar refractivity (Wildman–Crippen MR) is 114 cm³/mol. The summed E-state index contributed by atoms with van der Waals surface area (Å²) in [5.41, 5.74) is 4.67. The molecule has 3 rings (SSSR count). The Morgan fingerprint density at radius 3 is 2.52 bits per heavy atom. The van der Waals surface area contributed by atoms with Gasteiger partial charge in [0.05, 0.1) is 16.3 Å². The first-order chi connectivity index (χ1) is 13.0. The minimum absolute atomic E-state index is 0.263. The highest BCUT2D eigenvalue weighted by molar-refractivity contribution is 6.33. The van der Waals surface area contributed by atoms with Gasteiger partial charge in [-0.2, -0.15) is 5.10 Å². The van der Waals surface area contributed by atoms with Gasteiger partial charge in [-0.1, -0.05) is 44.4 Å². The van der Waals surface area contributed by atoms with Crippen LogP contribution in [0.4, 0.5) is 11.5 Å². The third-order valence-corrected chi connectivity index (χ3v) is 5.59. The number of fused-ring (bicyclic) bond motifs is 1. The van der Waals surface area contributed by atoms with E-state index in [1.807, 2.05) is 17.8 Å². The van der Waals surface area contributed by atoms with Crippen molar-refractivity contribution in [3.8, 4) is 5.88 Å². The maximum Gasteiger partial charge on any atom is 0.217 e. The summed E-state index contributed by atoms with van der Waals surface area (Å²) in [6, 6.07) is 4.23. The summed E-state index contributed by atoms with van der Waals surface area (Å²) in [4.78, 5) is 2.28. The molecule has 0 fully saturated rings. The van der Waals surface area contributed by atoms with Gasteiger partial charge in [0.1, 0.15) is 6.10 Å². The summed E-state index contributed by atoms with van der Waals surface area (Å²) in [5.74, 6) is 1.93.